The average molecular weight is 461 g/mol. The van der Waals surface area contributed by atoms with Gasteiger partial charge in [0.05, 0.1) is 0 Å². The maximum atomic E-state index is 12.8. The van der Waals surface area contributed by atoms with Crippen molar-refractivity contribution < 1.29 is 24.6 Å². The van der Waals surface area contributed by atoms with Crippen LogP contribution < -0.4 is 0 Å². The van der Waals surface area contributed by atoms with E-state index in [1.54, 1.807) is 24.3 Å². The number of hydrogen-bond acceptors (Lipinski definition) is 3. The molecule has 154 valence electrons. The summed E-state index contributed by atoms with van der Waals surface area (Å²) in [6.07, 6.45) is 0.350. The van der Waals surface area contributed by atoms with Gasteiger partial charge in [0, 0.05) is 16.5 Å². The third-order valence-electron chi connectivity index (χ3n) is 5.83. The summed E-state index contributed by atoms with van der Waals surface area (Å²) >= 11 is 3.29. The first-order valence-electron chi connectivity index (χ1n) is 9.52. The molecule has 2 aromatic rings. The van der Waals surface area contributed by atoms with Crippen LogP contribution in [0.4, 0.5) is 0 Å². The SMILES string of the molecule is CCC(CC)(CC(CC(=O)c1ccc(Br)cc1)(C(=O)O)C(=O)O)c1ccccc1. The first-order valence-corrected chi connectivity index (χ1v) is 10.3. The number of halogens is 1. The van der Waals surface area contributed by atoms with Crippen LogP contribution in [0.15, 0.2) is 59.1 Å². The minimum Gasteiger partial charge on any atom is -0.480 e. The summed E-state index contributed by atoms with van der Waals surface area (Å²) in [5.41, 5.74) is -1.71. The minimum atomic E-state index is -2.22. The Morgan fingerprint density at radius 1 is 0.862 bits per heavy atom. The Morgan fingerprint density at radius 2 is 1.38 bits per heavy atom. The highest BCUT2D eigenvalue weighted by molar-refractivity contribution is 9.10. The van der Waals surface area contributed by atoms with E-state index in [4.69, 9.17) is 0 Å². The fraction of sp³-hybridized carbons (Fsp3) is 0.348. The van der Waals surface area contributed by atoms with Gasteiger partial charge in [0.25, 0.3) is 0 Å². The van der Waals surface area contributed by atoms with E-state index < -0.39 is 35.0 Å². The molecule has 0 saturated heterocycles. The Kier molecular flexibility index (Phi) is 7.36. The molecule has 0 aromatic heterocycles. The van der Waals surface area contributed by atoms with Gasteiger partial charge in [-0.15, -0.1) is 0 Å². The van der Waals surface area contributed by atoms with Gasteiger partial charge in [-0.25, -0.2) is 0 Å². The first-order chi connectivity index (χ1) is 13.7. The minimum absolute atomic E-state index is 0.163. The van der Waals surface area contributed by atoms with E-state index >= 15 is 0 Å². The Morgan fingerprint density at radius 3 is 1.83 bits per heavy atom. The predicted molar refractivity (Wildman–Crippen MR) is 114 cm³/mol. The molecule has 0 amide bonds. The number of Topliss-reactive ketones (excluding diaryl/α,β-unsaturated/α-hetero) is 1. The summed E-state index contributed by atoms with van der Waals surface area (Å²) in [7, 11) is 0. The van der Waals surface area contributed by atoms with Crippen molar-refractivity contribution in [3.63, 3.8) is 0 Å². The van der Waals surface area contributed by atoms with Crippen molar-refractivity contribution in [1.29, 1.82) is 0 Å². The zero-order valence-electron chi connectivity index (χ0n) is 16.5. The van der Waals surface area contributed by atoms with Crippen LogP contribution in [-0.2, 0) is 15.0 Å². The van der Waals surface area contributed by atoms with Crippen LogP contribution in [0.3, 0.4) is 0 Å². The second-order valence-electron chi connectivity index (χ2n) is 7.33. The number of carbonyl (C=O) groups excluding carboxylic acids is 1. The molecule has 2 rings (SSSR count). The van der Waals surface area contributed by atoms with Crippen LogP contribution in [0.25, 0.3) is 0 Å². The highest BCUT2D eigenvalue weighted by atomic mass is 79.9. The van der Waals surface area contributed by atoms with Crippen molar-refractivity contribution in [3.8, 4) is 0 Å². The second-order valence-corrected chi connectivity index (χ2v) is 8.25. The third kappa shape index (κ3) is 4.75. The van der Waals surface area contributed by atoms with Crippen LogP contribution in [0.1, 0.15) is 55.5 Å². The fourth-order valence-corrected chi connectivity index (χ4v) is 4.11. The number of carbonyl (C=O) groups is 3. The lowest BCUT2D eigenvalue weighted by atomic mass is 9.63. The molecule has 5 nitrogen and oxygen atoms in total. The van der Waals surface area contributed by atoms with Gasteiger partial charge in [-0.1, -0.05) is 72.2 Å². The molecular weight excluding hydrogens is 436 g/mol. The molecule has 0 aliphatic rings. The molecule has 0 atom stereocenters. The number of carboxylic acids is 2. The van der Waals surface area contributed by atoms with Crippen molar-refractivity contribution in [3.05, 3.63) is 70.2 Å². The van der Waals surface area contributed by atoms with Gasteiger partial charge in [0.2, 0.25) is 0 Å². The van der Waals surface area contributed by atoms with Crippen LogP contribution in [0.2, 0.25) is 0 Å². The average Bonchev–Trinajstić information content (AvgIpc) is 2.72. The number of hydrogen-bond donors (Lipinski definition) is 2. The van der Waals surface area contributed by atoms with Crippen LogP contribution >= 0.6 is 15.9 Å². The van der Waals surface area contributed by atoms with Crippen molar-refractivity contribution >= 4 is 33.7 Å². The molecule has 2 aromatic carbocycles. The van der Waals surface area contributed by atoms with Crippen LogP contribution in [0.5, 0.6) is 0 Å². The van der Waals surface area contributed by atoms with Gasteiger partial charge < -0.3 is 10.2 Å². The van der Waals surface area contributed by atoms with Crippen molar-refractivity contribution in [2.75, 3.05) is 0 Å². The standard InChI is InChI=1S/C23H25BrO5/c1-3-22(4-2,17-8-6-5-7-9-17)15-23(20(26)27,21(28)29)14-19(25)16-10-12-18(24)13-11-16/h5-13H,3-4,14-15H2,1-2H3,(H,26,27)(H,28,29). The quantitative estimate of drug-likeness (QED) is 0.369. The molecule has 0 aliphatic carbocycles. The topological polar surface area (TPSA) is 91.7 Å². The lowest BCUT2D eigenvalue weighted by Gasteiger charge is -2.39. The molecule has 0 spiro atoms. The van der Waals surface area contributed by atoms with E-state index in [-0.39, 0.29) is 6.42 Å². The first kappa shape index (κ1) is 22.8. The Hall–Kier alpha value is -2.47. The molecule has 0 saturated carbocycles. The van der Waals surface area contributed by atoms with E-state index in [0.29, 0.717) is 18.4 Å². The monoisotopic (exact) mass is 460 g/mol. The number of benzene rings is 2. The van der Waals surface area contributed by atoms with Crippen molar-refractivity contribution in [1.82, 2.24) is 0 Å². The lowest BCUT2D eigenvalue weighted by Crippen LogP contribution is -2.46. The van der Waals surface area contributed by atoms with Gasteiger partial charge in [-0.3, -0.25) is 14.4 Å². The summed E-state index contributed by atoms with van der Waals surface area (Å²) in [6.45, 7) is 3.84. The maximum absolute atomic E-state index is 12.8. The summed E-state index contributed by atoms with van der Waals surface area (Å²) in [4.78, 5) is 37.4. The summed E-state index contributed by atoms with van der Waals surface area (Å²) in [5.74, 6) is -3.48. The second kappa shape index (κ2) is 9.35. The third-order valence-corrected chi connectivity index (χ3v) is 6.36. The number of ketones is 1. The van der Waals surface area contributed by atoms with E-state index in [0.717, 1.165) is 10.0 Å². The molecule has 0 unspecified atom stereocenters. The molecule has 29 heavy (non-hydrogen) atoms. The molecule has 0 heterocycles. The fourth-order valence-electron chi connectivity index (χ4n) is 3.85. The Labute approximate surface area is 178 Å². The number of carboxylic acid groups (broad SMARTS) is 2. The number of aliphatic carboxylic acids is 2. The van der Waals surface area contributed by atoms with E-state index in [1.807, 2.05) is 44.2 Å². The molecular formula is C23H25BrO5. The van der Waals surface area contributed by atoms with Crippen LogP contribution in [0, 0.1) is 5.41 Å². The van der Waals surface area contributed by atoms with E-state index in [1.165, 1.54) is 0 Å². The van der Waals surface area contributed by atoms with Crippen molar-refractivity contribution in [2.45, 2.75) is 44.9 Å². The maximum Gasteiger partial charge on any atom is 0.321 e. The van der Waals surface area contributed by atoms with Gasteiger partial charge in [0.15, 0.2) is 11.2 Å². The summed E-state index contributed by atoms with van der Waals surface area (Å²) in [5, 5.41) is 20.0. The van der Waals surface area contributed by atoms with Crippen LogP contribution in [-0.4, -0.2) is 27.9 Å². The predicted octanol–water partition coefficient (Wildman–Crippen LogP) is 5.33. The number of rotatable bonds is 10. The van der Waals surface area contributed by atoms with Gasteiger partial charge >= 0.3 is 11.9 Å². The lowest BCUT2D eigenvalue weighted by molar-refractivity contribution is -0.166. The molecule has 0 bridgehead atoms. The Bertz CT molecular complexity index is 856. The van der Waals surface area contributed by atoms with Crippen molar-refractivity contribution in [2.24, 2.45) is 5.41 Å². The molecule has 6 heteroatoms. The van der Waals surface area contributed by atoms with E-state index in [2.05, 4.69) is 15.9 Å². The molecule has 0 fully saturated rings. The molecule has 0 radical (unpaired) electrons. The summed E-state index contributed by atoms with van der Waals surface area (Å²) in [6, 6.07) is 15.8. The van der Waals surface area contributed by atoms with Gasteiger partial charge in [-0.05, 0) is 42.4 Å². The van der Waals surface area contributed by atoms with E-state index in [9.17, 15) is 24.6 Å². The largest absolute Gasteiger partial charge is 0.480 e. The zero-order valence-corrected chi connectivity index (χ0v) is 18.1. The molecule has 2 N–H and O–H groups in total. The normalized spacial score (nSPS) is 11.8. The van der Waals surface area contributed by atoms with Gasteiger partial charge in [-0.2, -0.15) is 0 Å². The highest BCUT2D eigenvalue weighted by Gasteiger charge is 2.53. The Balaban J connectivity index is 2.51. The molecule has 0 aliphatic heterocycles. The van der Waals surface area contributed by atoms with Gasteiger partial charge in [0.1, 0.15) is 0 Å². The zero-order chi connectivity index (χ0) is 21.7. The summed E-state index contributed by atoms with van der Waals surface area (Å²) < 4.78 is 0.775. The smallest absolute Gasteiger partial charge is 0.321 e. The highest BCUT2D eigenvalue weighted by Crippen LogP contribution is 2.45.